The number of hydrogen-bond acceptors (Lipinski definition) is 4. The predicted molar refractivity (Wildman–Crippen MR) is 120 cm³/mol. The van der Waals surface area contributed by atoms with Gasteiger partial charge in [-0.05, 0) is 53.1 Å². The van der Waals surface area contributed by atoms with Crippen molar-refractivity contribution < 1.29 is 17.6 Å². The van der Waals surface area contributed by atoms with Crippen LogP contribution in [-0.4, -0.2) is 19.8 Å². The van der Waals surface area contributed by atoms with Crippen molar-refractivity contribution in [1.82, 2.24) is 4.31 Å². The van der Waals surface area contributed by atoms with E-state index in [0.717, 1.165) is 22.4 Å². The van der Waals surface area contributed by atoms with Crippen molar-refractivity contribution in [2.24, 2.45) is 0 Å². The lowest BCUT2D eigenvalue weighted by molar-refractivity contribution is 0.358. The van der Waals surface area contributed by atoms with Crippen LogP contribution in [-0.2, 0) is 23.1 Å². The van der Waals surface area contributed by atoms with Gasteiger partial charge in [-0.3, -0.25) is 0 Å². The predicted octanol–water partition coefficient (Wildman–Crippen LogP) is 5.35. The summed E-state index contributed by atoms with van der Waals surface area (Å²) < 4.78 is 39.0. The number of nitrogens with zero attached hydrogens (tertiary/aromatic N) is 1. The Bertz CT molecular complexity index is 1200. The van der Waals surface area contributed by atoms with Gasteiger partial charge in [0.15, 0.2) is 0 Å². The molecule has 0 fully saturated rings. The standard InChI is InChI=1S/C25H23NO4S/c1-29-23-13-9-20(10-14-23)18-26(19-24-8-5-17-30-24)31(27,28)25-15-11-22(12-16-25)21-6-3-2-4-7-21/h2-17H,18-19H2,1H3. The summed E-state index contributed by atoms with van der Waals surface area (Å²) in [4.78, 5) is 0.243. The van der Waals surface area contributed by atoms with Gasteiger partial charge in [-0.2, -0.15) is 4.31 Å². The monoisotopic (exact) mass is 433 g/mol. The third-order valence-electron chi connectivity index (χ3n) is 5.03. The Kier molecular flexibility index (Phi) is 6.21. The maximum Gasteiger partial charge on any atom is 0.243 e. The number of methoxy groups -OCH3 is 1. The second-order valence-corrected chi connectivity index (χ2v) is 9.03. The molecule has 5 nitrogen and oxygen atoms in total. The van der Waals surface area contributed by atoms with E-state index in [4.69, 9.17) is 9.15 Å². The third kappa shape index (κ3) is 4.87. The van der Waals surface area contributed by atoms with Gasteiger partial charge in [-0.25, -0.2) is 8.42 Å². The van der Waals surface area contributed by atoms with Crippen molar-refractivity contribution in [2.75, 3.05) is 7.11 Å². The van der Waals surface area contributed by atoms with Gasteiger partial charge in [0.2, 0.25) is 10.0 Å². The molecule has 0 atom stereocenters. The zero-order valence-electron chi connectivity index (χ0n) is 17.1. The molecule has 0 radical (unpaired) electrons. The van der Waals surface area contributed by atoms with E-state index in [0.29, 0.717) is 5.76 Å². The summed E-state index contributed by atoms with van der Waals surface area (Å²) in [6, 6.07) is 27.7. The van der Waals surface area contributed by atoms with Gasteiger partial charge in [0.25, 0.3) is 0 Å². The molecule has 0 N–H and O–H groups in total. The molecule has 4 aromatic rings. The molecule has 0 aliphatic heterocycles. The minimum atomic E-state index is -3.75. The summed E-state index contributed by atoms with van der Waals surface area (Å²) in [6.45, 7) is 0.356. The van der Waals surface area contributed by atoms with Crippen LogP contribution in [0.4, 0.5) is 0 Å². The van der Waals surface area contributed by atoms with E-state index in [9.17, 15) is 8.42 Å². The molecular formula is C25H23NO4S. The van der Waals surface area contributed by atoms with Gasteiger partial charge in [0.1, 0.15) is 11.5 Å². The van der Waals surface area contributed by atoms with E-state index in [1.54, 1.807) is 37.6 Å². The summed E-state index contributed by atoms with van der Waals surface area (Å²) >= 11 is 0. The fourth-order valence-corrected chi connectivity index (χ4v) is 4.73. The molecule has 0 aliphatic rings. The number of rotatable bonds is 8. The smallest absolute Gasteiger partial charge is 0.243 e. The number of furan rings is 1. The molecule has 0 amide bonds. The average molecular weight is 434 g/mol. The number of ether oxygens (including phenoxy) is 1. The minimum Gasteiger partial charge on any atom is -0.497 e. The van der Waals surface area contributed by atoms with E-state index in [1.165, 1.54) is 4.31 Å². The number of sulfonamides is 1. The Labute approximate surface area is 182 Å². The molecule has 6 heteroatoms. The van der Waals surface area contributed by atoms with Crippen molar-refractivity contribution in [3.8, 4) is 16.9 Å². The summed E-state index contributed by atoms with van der Waals surface area (Å²) in [5.74, 6) is 1.30. The number of benzene rings is 3. The zero-order valence-corrected chi connectivity index (χ0v) is 18.0. The van der Waals surface area contributed by atoms with Gasteiger partial charge in [0.05, 0.1) is 24.8 Å². The fraction of sp³-hybridized carbons (Fsp3) is 0.120. The van der Waals surface area contributed by atoms with Crippen LogP contribution in [0, 0.1) is 0 Å². The zero-order chi connectivity index (χ0) is 21.7. The highest BCUT2D eigenvalue weighted by molar-refractivity contribution is 7.89. The second kappa shape index (κ2) is 9.20. The molecule has 158 valence electrons. The molecule has 4 rings (SSSR count). The van der Waals surface area contributed by atoms with E-state index < -0.39 is 10.0 Å². The largest absolute Gasteiger partial charge is 0.497 e. The van der Waals surface area contributed by atoms with E-state index in [-0.39, 0.29) is 18.0 Å². The van der Waals surface area contributed by atoms with Crippen molar-refractivity contribution in [3.05, 3.63) is 109 Å². The van der Waals surface area contributed by atoms with Crippen molar-refractivity contribution in [1.29, 1.82) is 0 Å². The first-order chi connectivity index (χ1) is 15.1. The van der Waals surface area contributed by atoms with Crippen LogP contribution in [0.5, 0.6) is 5.75 Å². The molecule has 31 heavy (non-hydrogen) atoms. The van der Waals surface area contributed by atoms with Crippen LogP contribution >= 0.6 is 0 Å². The normalized spacial score (nSPS) is 11.5. The van der Waals surface area contributed by atoms with E-state index in [1.807, 2.05) is 66.7 Å². The van der Waals surface area contributed by atoms with Crippen LogP contribution in [0.25, 0.3) is 11.1 Å². The van der Waals surface area contributed by atoms with Gasteiger partial charge in [-0.15, -0.1) is 0 Å². The van der Waals surface area contributed by atoms with Crippen LogP contribution < -0.4 is 4.74 Å². The Morgan fingerprint density at radius 1 is 0.774 bits per heavy atom. The highest BCUT2D eigenvalue weighted by Crippen LogP contribution is 2.25. The maximum absolute atomic E-state index is 13.5. The lowest BCUT2D eigenvalue weighted by Gasteiger charge is -2.22. The summed E-state index contributed by atoms with van der Waals surface area (Å²) in [6.07, 6.45) is 1.54. The van der Waals surface area contributed by atoms with Crippen molar-refractivity contribution in [2.45, 2.75) is 18.0 Å². The first-order valence-electron chi connectivity index (χ1n) is 9.87. The molecule has 1 heterocycles. The van der Waals surface area contributed by atoms with Gasteiger partial charge in [-0.1, -0.05) is 54.6 Å². The molecule has 0 spiro atoms. The molecule has 0 unspecified atom stereocenters. The molecule has 1 aromatic heterocycles. The second-order valence-electron chi connectivity index (χ2n) is 7.09. The molecular weight excluding hydrogens is 410 g/mol. The van der Waals surface area contributed by atoms with Gasteiger partial charge in [0, 0.05) is 6.54 Å². The first-order valence-corrected chi connectivity index (χ1v) is 11.3. The Morgan fingerprint density at radius 2 is 1.45 bits per heavy atom. The lowest BCUT2D eigenvalue weighted by Crippen LogP contribution is -2.30. The summed E-state index contributed by atoms with van der Waals surface area (Å²) in [7, 11) is -2.15. The van der Waals surface area contributed by atoms with Crippen LogP contribution in [0.3, 0.4) is 0 Å². The minimum absolute atomic E-state index is 0.141. The Hall–Kier alpha value is -3.35. The molecule has 3 aromatic carbocycles. The fourth-order valence-electron chi connectivity index (χ4n) is 3.34. The quantitative estimate of drug-likeness (QED) is 0.376. The SMILES string of the molecule is COc1ccc(CN(Cc2ccco2)S(=O)(=O)c2ccc(-c3ccccc3)cc2)cc1. The highest BCUT2D eigenvalue weighted by atomic mass is 32.2. The Balaban J connectivity index is 1.63. The van der Waals surface area contributed by atoms with E-state index in [2.05, 4.69) is 0 Å². The topological polar surface area (TPSA) is 59.8 Å². The third-order valence-corrected chi connectivity index (χ3v) is 6.84. The van der Waals surface area contributed by atoms with Crippen LogP contribution in [0.2, 0.25) is 0 Å². The van der Waals surface area contributed by atoms with Gasteiger partial charge >= 0.3 is 0 Å². The summed E-state index contributed by atoms with van der Waals surface area (Å²) in [5, 5.41) is 0. The molecule has 0 aliphatic carbocycles. The van der Waals surface area contributed by atoms with E-state index >= 15 is 0 Å². The number of hydrogen-bond donors (Lipinski definition) is 0. The van der Waals surface area contributed by atoms with Gasteiger partial charge < -0.3 is 9.15 Å². The summed E-state index contributed by atoms with van der Waals surface area (Å²) in [5.41, 5.74) is 2.86. The van der Waals surface area contributed by atoms with Crippen LogP contribution in [0.1, 0.15) is 11.3 Å². The lowest BCUT2D eigenvalue weighted by atomic mass is 10.1. The Morgan fingerprint density at radius 3 is 2.06 bits per heavy atom. The molecule has 0 saturated heterocycles. The first kappa shape index (κ1) is 20.9. The maximum atomic E-state index is 13.5. The van der Waals surface area contributed by atoms with Crippen LogP contribution in [0.15, 0.2) is 107 Å². The highest BCUT2D eigenvalue weighted by Gasteiger charge is 2.26. The molecule has 0 bridgehead atoms. The van der Waals surface area contributed by atoms with Crippen molar-refractivity contribution in [3.63, 3.8) is 0 Å². The molecule has 0 saturated carbocycles. The average Bonchev–Trinajstić information content (AvgIpc) is 3.33. The van der Waals surface area contributed by atoms with Crippen molar-refractivity contribution >= 4 is 10.0 Å².